The van der Waals surface area contributed by atoms with Crippen molar-refractivity contribution in [1.29, 1.82) is 0 Å². The fourth-order valence-electron chi connectivity index (χ4n) is 1.47. The average molecular weight is 271 g/mol. The predicted molar refractivity (Wildman–Crippen MR) is 65.5 cm³/mol. The SMILES string of the molecule is C=C(CC(=O)O)CC(=O)C(CCC(=O)O)NC(C)=O. The van der Waals surface area contributed by atoms with Gasteiger partial charge >= 0.3 is 11.9 Å². The van der Waals surface area contributed by atoms with E-state index in [1.807, 2.05) is 0 Å². The van der Waals surface area contributed by atoms with E-state index in [2.05, 4.69) is 11.9 Å². The van der Waals surface area contributed by atoms with Crippen LogP contribution in [0.4, 0.5) is 0 Å². The van der Waals surface area contributed by atoms with Gasteiger partial charge in [0.2, 0.25) is 5.91 Å². The zero-order valence-corrected chi connectivity index (χ0v) is 10.6. The van der Waals surface area contributed by atoms with Crippen molar-refractivity contribution in [2.45, 2.75) is 38.6 Å². The Balaban J connectivity index is 4.52. The first-order chi connectivity index (χ1) is 8.72. The van der Waals surface area contributed by atoms with Gasteiger partial charge in [-0.05, 0) is 6.42 Å². The van der Waals surface area contributed by atoms with E-state index < -0.39 is 29.7 Å². The van der Waals surface area contributed by atoms with Gasteiger partial charge in [-0.2, -0.15) is 0 Å². The van der Waals surface area contributed by atoms with Gasteiger partial charge in [0.1, 0.15) is 0 Å². The van der Waals surface area contributed by atoms with Gasteiger partial charge in [0, 0.05) is 19.8 Å². The number of aliphatic carboxylic acids is 2. The summed E-state index contributed by atoms with van der Waals surface area (Å²) in [4.78, 5) is 43.7. The largest absolute Gasteiger partial charge is 0.481 e. The second kappa shape index (κ2) is 8.02. The fraction of sp³-hybridized carbons (Fsp3) is 0.500. The molecule has 106 valence electrons. The highest BCUT2D eigenvalue weighted by molar-refractivity contribution is 5.90. The summed E-state index contributed by atoms with van der Waals surface area (Å²) in [5.41, 5.74) is 0.211. The maximum absolute atomic E-state index is 11.8. The van der Waals surface area contributed by atoms with E-state index in [1.165, 1.54) is 6.92 Å². The van der Waals surface area contributed by atoms with Gasteiger partial charge < -0.3 is 15.5 Å². The lowest BCUT2D eigenvalue weighted by molar-refractivity contribution is -0.138. The second-order valence-corrected chi connectivity index (χ2v) is 4.15. The van der Waals surface area contributed by atoms with Crippen LogP contribution in [-0.4, -0.2) is 39.9 Å². The first-order valence-corrected chi connectivity index (χ1v) is 5.62. The zero-order valence-electron chi connectivity index (χ0n) is 10.6. The van der Waals surface area contributed by atoms with Gasteiger partial charge in [-0.3, -0.25) is 19.2 Å². The normalized spacial score (nSPS) is 11.4. The lowest BCUT2D eigenvalue weighted by Gasteiger charge is -2.16. The number of carboxylic acid groups (broad SMARTS) is 2. The summed E-state index contributed by atoms with van der Waals surface area (Å²) in [6.45, 7) is 4.68. The highest BCUT2D eigenvalue weighted by Crippen LogP contribution is 2.10. The van der Waals surface area contributed by atoms with E-state index in [1.54, 1.807) is 0 Å². The maximum atomic E-state index is 11.8. The Morgan fingerprint density at radius 1 is 1.11 bits per heavy atom. The number of hydrogen-bond donors (Lipinski definition) is 3. The van der Waals surface area contributed by atoms with Crippen LogP contribution in [0.25, 0.3) is 0 Å². The van der Waals surface area contributed by atoms with Crippen molar-refractivity contribution >= 4 is 23.6 Å². The zero-order chi connectivity index (χ0) is 15.0. The predicted octanol–water partition coefficient (Wildman–Crippen LogP) is 0.346. The number of nitrogens with one attached hydrogen (secondary N) is 1. The van der Waals surface area contributed by atoms with Gasteiger partial charge in [-0.25, -0.2) is 0 Å². The minimum Gasteiger partial charge on any atom is -0.481 e. The molecule has 0 aromatic carbocycles. The molecule has 0 radical (unpaired) electrons. The van der Waals surface area contributed by atoms with Gasteiger partial charge in [0.05, 0.1) is 12.5 Å². The lowest BCUT2D eigenvalue weighted by atomic mass is 9.99. The molecule has 0 spiro atoms. The van der Waals surface area contributed by atoms with E-state index >= 15 is 0 Å². The van der Waals surface area contributed by atoms with Crippen LogP contribution in [0.2, 0.25) is 0 Å². The minimum absolute atomic E-state index is 0.0336. The molecule has 19 heavy (non-hydrogen) atoms. The lowest BCUT2D eigenvalue weighted by Crippen LogP contribution is -2.40. The van der Waals surface area contributed by atoms with Crippen LogP contribution in [0.1, 0.15) is 32.6 Å². The molecule has 0 saturated heterocycles. The summed E-state index contributed by atoms with van der Waals surface area (Å²) in [7, 11) is 0. The number of carbonyl (C=O) groups is 4. The summed E-state index contributed by atoms with van der Waals surface area (Å²) < 4.78 is 0. The van der Waals surface area contributed by atoms with Crippen molar-refractivity contribution in [3.63, 3.8) is 0 Å². The van der Waals surface area contributed by atoms with Crippen molar-refractivity contribution in [3.05, 3.63) is 12.2 Å². The monoisotopic (exact) mass is 271 g/mol. The molecule has 0 fully saturated rings. The van der Waals surface area contributed by atoms with Crippen LogP contribution < -0.4 is 5.32 Å². The summed E-state index contributed by atoms with van der Waals surface area (Å²) in [5, 5.41) is 19.5. The molecule has 1 unspecified atom stereocenters. The molecule has 0 rings (SSSR count). The number of carboxylic acids is 2. The van der Waals surface area contributed by atoms with Crippen molar-refractivity contribution in [2.75, 3.05) is 0 Å². The molecule has 1 atom stereocenters. The average Bonchev–Trinajstić information content (AvgIpc) is 2.21. The number of hydrogen-bond acceptors (Lipinski definition) is 4. The Hall–Kier alpha value is -2.18. The van der Waals surface area contributed by atoms with E-state index in [-0.39, 0.29) is 31.3 Å². The number of amides is 1. The number of Topliss-reactive ketones (excluding diaryl/α,β-unsaturated/α-hetero) is 1. The van der Waals surface area contributed by atoms with Gasteiger partial charge in [-0.15, -0.1) is 0 Å². The highest BCUT2D eigenvalue weighted by atomic mass is 16.4. The highest BCUT2D eigenvalue weighted by Gasteiger charge is 2.21. The Morgan fingerprint density at radius 3 is 2.11 bits per heavy atom. The number of ketones is 1. The van der Waals surface area contributed by atoms with E-state index in [0.29, 0.717) is 0 Å². The van der Waals surface area contributed by atoms with Gasteiger partial charge in [0.15, 0.2) is 5.78 Å². The van der Waals surface area contributed by atoms with Crippen LogP contribution in [0.3, 0.4) is 0 Å². The van der Waals surface area contributed by atoms with Crippen molar-refractivity contribution in [1.82, 2.24) is 5.32 Å². The van der Waals surface area contributed by atoms with Gasteiger partial charge in [0.25, 0.3) is 0 Å². The molecule has 1 amide bonds. The van der Waals surface area contributed by atoms with Crippen LogP contribution in [-0.2, 0) is 19.2 Å². The molecular weight excluding hydrogens is 254 g/mol. The standard InChI is InChI=1S/C12H17NO6/c1-7(6-12(18)19)5-10(15)9(13-8(2)14)3-4-11(16)17/h9H,1,3-6H2,2H3,(H,13,14)(H,16,17)(H,18,19). The Kier molecular flexibility index (Phi) is 7.10. The first kappa shape index (κ1) is 16.8. The topological polar surface area (TPSA) is 121 Å². The minimum atomic E-state index is -1.10. The fourth-order valence-corrected chi connectivity index (χ4v) is 1.47. The molecule has 0 saturated carbocycles. The molecule has 3 N–H and O–H groups in total. The molecule has 0 heterocycles. The van der Waals surface area contributed by atoms with Gasteiger partial charge in [-0.1, -0.05) is 12.2 Å². The van der Waals surface area contributed by atoms with Crippen molar-refractivity contribution in [2.24, 2.45) is 0 Å². The quantitative estimate of drug-likeness (QED) is 0.520. The third-order valence-electron chi connectivity index (χ3n) is 2.24. The molecule has 0 bridgehead atoms. The molecular formula is C12H17NO6. The molecule has 0 aromatic rings. The summed E-state index contributed by atoms with van der Waals surface area (Å²) in [6, 6.07) is -0.931. The molecule has 0 aliphatic heterocycles. The number of rotatable bonds is 9. The Bertz CT molecular complexity index is 401. The third-order valence-corrected chi connectivity index (χ3v) is 2.24. The Morgan fingerprint density at radius 2 is 1.68 bits per heavy atom. The summed E-state index contributed by atoms with van der Waals surface area (Å²) >= 11 is 0. The van der Waals surface area contributed by atoms with E-state index in [4.69, 9.17) is 10.2 Å². The molecule has 7 heteroatoms. The van der Waals surface area contributed by atoms with E-state index in [9.17, 15) is 19.2 Å². The Labute approximate surface area is 110 Å². The molecule has 7 nitrogen and oxygen atoms in total. The molecule has 0 aliphatic rings. The van der Waals surface area contributed by atoms with Crippen molar-refractivity contribution < 1.29 is 29.4 Å². The van der Waals surface area contributed by atoms with Crippen molar-refractivity contribution in [3.8, 4) is 0 Å². The van der Waals surface area contributed by atoms with Crippen LogP contribution in [0.5, 0.6) is 0 Å². The first-order valence-electron chi connectivity index (χ1n) is 5.62. The maximum Gasteiger partial charge on any atom is 0.307 e. The van der Waals surface area contributed by atoms with Crippen LogP contribution in [0, 0.1) is 0 Å². The smallest absolute Gasteiger partial charge is 0.307 e. The molecule has 0 aliphatic carbocycles. The third kappa shape index (κ3) is 8.53. The van der Waals surface area contributed by atoms with Crippen LogP contribution >= 0.6 is 0 Å². The second-order valence-electron chi connectivity index (χ2n) is 4.15. The summed E-state index contributed by atoms with van der Waals surface area (Å²) in [6.07, 6.45) is -0.829. The van der Waals surface area contributed by atoms with E-state index in [0.717, 1.165) is 0 Å². The number of carbonyl (C=O) groups excluding carboxylic acids is 2. The van der Waals surface area contributed by atoms with Crippen LogP contribution in [0.15, 0.2) is 12.2 Å². The summed E-state index contributed by atoms with van der Waals surface area (Å²) in [5.74, 6) is -3.07. The molecule has 0 aromatic heterocycles.